The van der Waals surface area contributed by atoms with E-state index in [1.807, 2.05) is 36.4 Å². The van der Waals surface area contributed by atoms with Gasteiger partial charge in [-0.3, -0.25) is 4.79 Å². The number of anilines is 1. The second kappa shape index (κ2) is 6.40. The molecule has 3 aromatic rings. The van der Waals surface area contributed by atoms with E-state index in [1.54, 1.807) is 6.07 Å². The highest BCUT2D eigenvalue weighted by atomic mass is 19.2. The van der Waals surface area contributed by atoms with E-state index in [9.17, 15) is 13.6 Å². The Kier molecular flexibility index (Phi) is 4.15. The smallest absolute Gasteiger partial charge is 0.187 e. The van der Waals surface area contributed by atoms with Crippen LogP contribution in [0.15, 0.2) is 72.9 Å². The van der Waals surface area contributed by atoms with Crippen LogP contribution in [0.5, 0.6) is 0 Å². The van der Waals surface area contributed by atoms with E-state index in [-0.39, 0.29) is 5.78 Å². The van der Waals surface area contributed by atoms with E-state index in [4.69, 9.17) is 0 Å². The van der Waals surface area contributed by atoms with Gasteiger partial charge in [0.15, 0.2) is 17.4 Å². The predicted molar refractivity (Wildman–Crippen MR) is 87.4 cm³/mol. The number of benzene rings is 3. The monoisotopic (exact) mass is 309 g/mol. The molecule has 1 N–H and O–H groups in total. The van der Waals surface area contributed by atoms with Gasteiger partial charge >= 0.3 is 0 Å². The van der Waals surface area contributed by atoms with Crippen LogP contribution in [0.4, 0.5) is 14.5 Å². The van der Waals surface area contributed by atoms with Crippen LogP contribution < -0.4 is 5.32 Å². The standard InChI is InChI=1S/C19H13F2NO/c20-17-9-8-14(12-18(17)21)22-11-10-19(23)16-7-3-5-13-4-1-2-6-15(13)16/h1-12,22H/b11-10+. The number of carbonyl (C=O) groups excluding carboxylic acids is 1. The number of nitrogens with one attached hydrogen (secondary N) is 1. The molecule has 4 heteroatoms. The van der Waals surface area contributed by atoms with Gasteiger partial charge in [-0.15, -0.1) is 0 Å². The van der Waals surface area contributed by atoms with Crippen molar-refractivity contribution in [2.24, 2.45) is 0 Å². The summed E-state index contributed by atoms with van der Waals surface area (Å²) in [6, 6.07) is 16.6. The number of halogens is 2. The first-order valence-corrected chi connectivity index (χ1v) is 7.05. The zero-order valence-corrected chi connectivity index (χ0v) is 12.1. The molecule has 0 aliphatic rings. The van der Waals surface area contributed by atoms with Crippen molar-refractivity contribution in [3.05, 3.63) is 90.1 Å². The summed E-state index contributed by atoms with van der Waals surface area (Å²) in [6.07, 6.45) is 2.78. The van der Waals surface area contributed by atoms with Crippen LogP contribution in [0.1, 0.15) is 10.4 Å². The largest absolute Gasteiger partial charge is 0.361 e. The molecular weight excluding hydrogens is 296 g/mol. The van der Waals surface area contributed by atoms with Crippen molar-refractivity contribution in [3.8, 4) is 0 Å². The minimum absolute atomic E-state index is 0.170. The van der Waals surface area contributed by atoms with Crippen LogP contribution in [-0.2, 0) is 0 Å². The fourth-order valence-corrected chi connectivity index (χ4v) is 2.33. The van der Waals surface area contributed by atoms with Crippen molar-refractivity contribution < 1.29 is 13.6 Å². The summed E-state index contributed by atoms with van der Waals surface area (Å²) in [5.41, 5.74) is 0.956. The highest BCUT2D eigenvalue weighted by molar-refractivity contribution is 6.13. The third-order valence-electron chi connectivity index (χ3n) is 3.46. The number of fused-ring (bicyclic) bond motifs is 1. The summed E-state index contributed by atoms with van der Waals surface area (Å²) in [6.45, 7) is 0. The molecule has 0 aliphatic carbocycles. The number of allylic oxidation sites excluding steroid dienone is 1. The lowest BCUT2D eigenvalue weighted by atomic mass is 10.0. The summed E-state index contributed by atoms with van der Waals surface area (Å²) in [7, 11) is 0. The summed E-state index contributed by atoms with van der Waals surface area (Å²) in [5.74, 6) is -2.02. The Bertz CT molecular complexity index is 898. The summed E-state index contributed by atoms with van der Waals surface area (Å²) in [4.78, 5) is 12.3. The fraction of sp³-hybridized carbons (Fsp3) is 0. The lowest BCUT2D eigenvalue weighted by molar-refractivity contribution is 0.104. The van der Waals surface area contributed by atoms with Gasteiger partial charge in [-0.1, -0.05) is 42.5 Å². The van der Waals surface area contributed by atoms with Crippen molar-refractivity contribution >= 4 is 22.2 Å². The second-order valence-electron chi connectivity index (χ2n) is 5.00. The van der Waals surface area contributed by atoms with Gasteiger partial charge < -0.3 is 5.32 Å². The van der Waals surface area contributed by atoms with E-state index in [2.05, 4.69) is 5.32 Å². The molecular formula is C19H13F2NO. The van der Waals surface area contributed by atoms with Gasteiger partial charge in [0.25, 0.3) is 0 Å². The maximum absolute atomic E-state index is 13.1. The Labute approximate surface area is 132 Å². The molecule has 0 radical (unpaired) electrons. The molecule has 3 aromatic carbocycles. The second-order valence-corrected chi connectivity index (χ2v) is 5.00. The van der Waals surface area contributed by atoms with Crippen molar-refractivity contribution in [3.63, 3.8) is 0 Å². The predicted octanol–water partition coefficient (Wildman–Crippen LogP) is 4.93. The van der Waals surface area contributed by atoms with E-state index in [0.717, 1.165) is 22.9 Å². The van der Waals surface area contributed by atoms with Gasteiger partial charge in [0.1, 0.15) is 0 Å². The van der Waals surface area contributed by atoms with Crippen LogP contribution in [0.25, 0.3) is 10.8 Å². The lowest BCUT2D eigenvalue weighted by Gasteiger charge is -2.04. The average Bonchev–Trinajstić information content (AvgIpc) is 2.57. The van der Waals surface area contributed by atoms with Gasteiger partial charge in [-0.25, -0.2) is 8.78 Å². The molecule has 0 saturated carbocycles. The van der Waals surface area contributed by atoms with Crippen LogP contribution in [0.3, 0.4) is 0 Å². The third kappa shape index (κ3) is 3.26. The van der Waals surface area contributed by atoms with Crippen molar-refractivity contribution in [1.82, 2.24) is 0 Å². The minimum atomic E-state index is -0.941. The van der Waals surface area contributed by atoms with Crippen LogP contribution in [-0.4, -0.2) is 5.78 Å². The first-order chi connectivity index (χ1) is 11.1. The lowest BCUT2D eigenvalue weighted by Crippen LogP contribution is -1.98. The quantitative estimate of drug-likeness (QED) is 0.547. The fourth-order valence-electron chi connectivity index (χ4n) is 2.33. The van der Waals surface area contributed by atoms with E-state index < -0.39 is 11.6 Å². The van der Waals surface area contributed by atoms with Crippen LogP contribution >= 0.6 is 0 Å². The Balaban J connectivity index is 1.79. The molecule has 0 aliphatic heterocycles. The third-order valence-corrected chi connectivity index (χ3v) is 3.46. The van der Waals surface area contributed by atoms with Gasteiger partial charge in [0.2, 0.25) is 0 Å². The number of rotatable bonds is 4. The molecule has 0 fully saturated rings. The normalized spacial score (nSPS) is 11.0. The Morgan fingerprint density at radius 1 is 0.913 bits per heavy atom. The molecule has 0 aromatic heterocycles. The van der Waals surface area contributed by atoms with E-state index in [1.165, 1.54) is 18.3 Å². The SMILES string of the molecule is O=C(/C=C/Nc1ccc(F)c(F)c1)c1cccc2ccccc12. The topological polar surface area (TPSA) is 29.1 Å². The Morgan fingerprint density at radius 2 is 1.70 bits per heavy atom. The molecule has 23 heavy (non-hydrogen) atoms. The van der Waals surface area contributed by atoms with Crippen molar-refractivity contribution in [1.29, 1.82) is 0 Å². The molecule has 0 atom stereocenters. The molecule has 0 heterocycles. The van der Waals surface area contributed by atoms with Crippen LogP contribution in [0.2, 0.25) is 0 Å². The van der Waals surface area contributed by atoms with Crippen molar-refractivity contribution in [2.45, 2.75) is 0 Å². The minimum Gasteiger partial charge on any atom is -0.361 e. The van der Waals surface area contributed by atoms with Gasteiger partial charge in [-0.2, -0.15) is 0 Å². The summed E-state index contributed by atoms with van der Waals surface area (Å²) in [5, 5.41) is 4.61. The Hall–Kier alpha value is -3.01. The first kappa shape index (κ1) is 14.9. The zero-order valence-electron chi connectivity index (χ0n) is 12.1. The number of hydrogen-bond donors (Lipinski definition) is 1. The highest BCUT2D eigenvalue weighted by Gasteiger charge is 2.06. The molecule has 0 unspecified atom stereocenters. The number of hydrogen-bond acceptors (Lipinski definition) is 2. The average molecular weight is 309 g/mol. The van der Waals surface area contributed by atoms with E-state index >= 15 is 0 Å². The Morgan fingerprint density at radius 3 is 2.52 bits per heavy atom. The first-order valence-electron chi connectivity index (χ1n) is 7.05. The van der Waals surface area contributed by atoms with Crippen molar-refractivity contribution in [2.75, 3.05) is 5.32 Å². The molecule has 114 valence electrons. The maximum Gasteiger partial charge on any atom is 0.187 e. The molecule has 0 bridgehead atoms. The molecule has 0 spiro atoms. The van der Waals surface area contributed by atoms with Gasteiger partial charge in [0, 0.05) is 29.6 Å². The van der Waals surface area contributed by atoms with Crippen LogP contribution in [0, 0.1) is 11.6 Å². The number of ketones is 1. The van der Waals surface area contributed by atoms with E-state index in [0.29, 0.717) is 11.3 Å². The highest BCUT2D eigenvalue weighted by Crippen LogP contribution is 2.19. The molecule has 0 saturated heterocycles. The molecule has 2 nitrogen and oxygen atoms in total. The number of carbonyl (C=O) groups is 1. The summed E-state index contributed by atoms with van der Waals surface area (Å²) >= 11 is 0. The molecule has 0 amide bonds. The van der Waals surface area contributed by atoms with Gasteiger partial charge in [-0.05, 0) is 22.9 Å². The summed E-state index contributed by atoms with van der Waals surface area (Å²) < 4.78 is 25.9. The zero-order chi connectivity index (χ0) is 16.2. The maximum atomic E-state index is 13.1. The molecule has 3 rings (SSSR count). The van der Waals surface area contributed by atoms with Gasteiger partial charge in [0.05, 0.1) is 0 Å².